The maximum Gasteiger partial charge on any atom is 0.166 e. The Labute approximate surface area is 159 Å². The number of quaternary nitrogens is 1. The molecule has 0 spiro atoms. The van der Waals surface area contributed by atoms with Gasteiger partial charge in [0.2, 0.25) is 0 Å². The van der Waals surface area contributed by atoms with E-state index in [0.717, 1.165) is 40.6 Å². The summed E-state index contributed by atoms with van der Waals surface area (Å²) in [6, 6.07) is 5.81. The summed E-state index contributed by atoms with van der Waals surface area (Å²) in [5.74, 6) is 1.22. The van der Waals surface area contributed by atoms with Crippen LogP contribution in [0.2, 0.25) is 0 Å². The van der Waals surface area contributed by atoms with E-state index in [1.807, 2.05) is 12.1 Å². The Hall–Kier alpha value is -2.11. The highest BCUT2D eigenvalue weighted by Crippen LogP contribution is 2.54. The standard InChI is InChI=1S/C20H23NO4.ClH/c1-21(2)6-5-11-9-17(25-4)20(23)19-13-10-16(24-3)15(22)8-12(13)7-14(21)18(11)19;/h8-10,14H,5-7H2,1-4H3,(H-,22,23);1H/t14-;/m0./s1. The number of phenols is 2. The lowest BCUT2D eigenvalue weighted by atomic mass is 9.75. The molecule has 0 saturated carbocycles. The molecule has 140 valence electrons. The third kappa shape index (κ3) is 2.49. The molecule has 4 rings (SSSR count). The third-order valence-electron chi connectivity index (χ3n) is 5.83. The molecule has 0 bridgehead atoms. The zero-order valence-electron chi connectivity index (χ0n) is 15.5. The molecule has 2 N–H and O–H groups in total. The minimum absolute atomic E-state index is 0. The number of fused-ring (bicyclic) bond motifs is 2. The number of benzene rings is 2. The Morgan fingerprint density at radius 3 is 2.35 bits per heavy atom. The summed E-state index contributed by atoms with van der Waals surface area (Å²) in [6.45, 7) is 1.03. The van der Waals surface area contributed by atoms with Crippen molar-refractivity contribution in [2.45, 2.75) is 18.9 Å². The Balaban J connectivity index is 0.00000196. The molecule has 0 saturated heterocycles. The number of aromatic hydroxyl groups is 2. The lowest BCUT2D eigenvalue weighted by molar-refractivity contribution is -0.923. The molecule has 5 nitrogen and oxygen atoms in total. The predicted octanol–water partition coefficient (Wildman–Crippen LogP) is 0.0157. The van der Waals surface area contributed by atoms with Crippen LogP contribution >= 0.6 is 0 Å². The van der Waals surface area contributed by atoms with Crippen molar-refractivity contribution in [2.75, 3.05) is 34.9 Å². The molecular formula is C20H24ClNO4. The zero-order chi connectivity index (χ0) is 17.9. The lowest BCUT2D eigenvalue weighted by Crippen LogP contribution is -3.00. The molecule has 1 aliphatic heterocycles. The summed E-state index contributed by atoms with van der Waals surface area (Å²) in [4.78, 5) is 0. The highest BCUT2D eigenvalue weighted by Gasteiger charge is 2.43. The molecule has 1 aliphatic carbocycles. The van der Waals surface area contributed by atoms with Crippen LogP contribution in [0.4, 0.5) is 0 Å². The van der Waals surface area contributed by atoms with E-state index in [1.165, 1.54) is 18.2 Å². The molecule has 0 aromatic heterocycles. The van der Waals surface area contributed by atoms with Crippen LogP contribution in [-0.4, -0.2) is 49.6 Å². The van der Waals surface area contributed by atoms with Crippen molar-refractivity contribution >= 4 is 0 Å². The molecule has 1 atom stereocenters. The van der Waals surface area contributed by atoms with Crippen LogP contribution in [0.25, 0.3) is 11.1 Å². The highest BCUT2D eigenvalue weighted by molar-refractivity contribution is 5.84. The monoisotopic (exact) mass is 377 g/mol. The molecule has 0 fully saturated rings. The largest absolute Gasteiger partial charge is 1.00 e. The quantitative estimate of drug-likeness (QED) is 0.724. The molecule has 2 aromatic carbocycles. The van der Waals surface area contributed by atoms with Crippen LogP contribution < -0.4 is 21.9 Å². The molecular weight excluding hydrogens is 354 g/mol. The van der Waals surface area contributed by atoms with Crippen molar-refractivity contribution in [1.82, 2.24) is 0 Å². The summed E-state index contributed by atoms with van der Waals surface area (Å²) in [7, 11) is 7.57. The molecule has 1 heterocycles. The Morgan fingerprint density at radius 1 is 1.00 bits per heavy atom. The number of halogens is 1. The minimum atomic E-state index is 0. The normalized spacial score (nSPS) is 19.0. The van der Waals surface area contributed by atoms with Crippen LogP contribution in [0.3, 0.4) is 0 Å². The van der Waals surface area contributed by atoms with Crippen molar-refractivity contribution in [1.29, 1.82) is 0 Å². The van der Waals surface area contributed by atoms with Crippen LogP contribution in [-0.2, 0) is 12.8 Å². The Morgan fingerprint density at radius 2 is 1.69 bits per heavy atom. The van der Waals surface area contributed by atoms with Crippen LogP contribution in [0.15, 0.2) is 18.2 Å². The number of hydrogen-bond acceptors (Lipinski definition) is 4. The first-order valence-electron chi connectivity index (χ1n) is 8.53. The average molecular weight is 378 g/mol. The second-order valence-corrected chi connectivity index (χ2v) is 7.53. The van der Waals surface area contributed by atoms with Crippen LogP contribution in [0.5, 0.6) is 23.0 Å². The number of methoxy groups -OCH3 is 2. The highest BCUT2D eigenvalue weighted by atomic mass is 35.5. The number of hydrogen-bond donors (Lipinski definition) is 2. The van der Waals surface area contributed by atoms with Gasteiger partial charge < -0.3 is 36.6 Å². The third-order valence-corrected chi connectivity index (χ3v) is 5.83. The van der Waals surface area contributed by atoms with Gasteiger partial charge in [0.15, 0.2) is 23.0 Å². The first kappa shape index (κ1) is 18.7. The number of rotatable bonds is 2. The molecule has 2 aliphatic rings. The summed E-state index contributed by atoms with van der Waals surface area (Å²) in [5, 5.41) is 21.1. The van der Waals surface area contributed by atoms with Gasteiger partial charge in [0.05, 0.1) is 34.9 Å². The van der Waals surface area contributed by atoms with E-state index in [2.05, 4.69) is 14.1 Å². The van der Waals surface area contributed by atoms with Gasteiger partial charge in [0, 0.05) is 24.0 Å². The van der Waals surface area contributed by atoms with Gasteiger partial charge in [-0.05, 0) is 34.9 Å². The fourth-order valence-corrected chi connectivity index (χ4v) is 4.38. The van der Waals surface area contributed by atoms with Crippen LogP contribution in [0.1, 0.15) is 22.7 Å². The summed E-state index contributed by atoms with van der Waals surface area (Å²) in [6.07, 6.45) is 1.78. The molecule has 0 unspecified atom stereocenters. The number of phenolic OH excluding ortho intramolecular Hbond substituents is 2. The van der Waals surface area contributed by atoms with Crippen molar-refractivity contribution in [2.24, 2.45) is 0 Å². The van der Waals surface area contributed by atoms with Gasteiger partial charge >= 0.3 is 0 Å². The molecule has 2 aromatic rings. The van der Waals surface area contributed by atoms with Gasteiger partial charge in [-0.2, -0.15) is 0 Å². The molecule has 0 amide bonds. The number of nitrogens with zero attached hydrogens (tertiary/aromatic N) is 1. The maximum atomic E-state index is 10.9. The average Bonchev–Trinajstić information content (AvgIpc) is 2.58. The van der Waals surface area contributed by atoms with Gasteiger partial charge in [0.1, 0.15) is 6.04 Å². The van der Waals surface area contributed by atoms with Crippen molar-refractivity contribution in [3.63, 3.8) is 0 Å². The topological polar surface area (TPSA) is 58.9 Å². The van der Waals surface area contributed by atoms with E-state index in [-0.39, 0.29) is 29.9 Å². The lowest BCUT2D eigenvalue weighted by Gasteiger charge is -2.46. The Kier molecular flexibility index (Phi) is 4.49. The maximum absolute atomic E-state index is 10.9. The van der Waals surface area contributed by atoms with E-state index in [9.17, 15) is 10.2 Å². The van der Waals surface area contributed by atoms with Crippen molar-refractivity contribution in [3.05, 3.63) is 34.9 Å². The van der Waals surface area contributed by atoms with Crippen molar-refractivity contribution in [3.8, 4) is 34.1 Å². The van der Waals surface area contributed by atoms with Gasteiger partial charge in [-0.25, -0.2) is 0 Å². The first-order valence-corrected chi connectivity index (χ1v) is 8.53. The fourth-order valence-electron chi connectivity index (χ4n) is 4.38. The minimum Gasteiger partial charge on any atom is -1.00 e. The van der Waals surface area contributed by atoms with E-state index < -0.39 is 0 Å². The van der Waals surface area contributed by atoms with E-state index >= 15 is 0 Å². The van der Waals surface area contributed by atoms with E-state index in [1.54, 1.807) is 13.2 Å². The SMILES string of the molecule is COc1cc2c(cc1O)C[C@H]1c3c(cc(OC)c(O)c3-2)CC[N+]1(C)C.[Cl-]. The summed E-state index contributed by atoms with van der Waals surface area (Å²) >= 11 is 0. The summed E-state index contributed by atoms with van der Waals surface area (Å²) < 4.78 is 11.6. The zero-order valence-corrected chi connectivity index (χ0v) is 16.2. The van der Waals surface area contributed by atoms with Gasteiger partial charge in [0.25, 0.3) is 0 Å². The second kappa shape index (κ2) is 6.25. The molecule has 0 radical (unpaired) electrons. The van der Waals surface area contributed by atoms with Gasteiger partial charge in [-0.1, -0.05) is 0 Å². The van der Waals surface area contributed by atoms with E-state index in [4.69, 9.17) is 9.47 Å². The van der Waals surface area contributed by atoms with Gasteiger partial charge in [-0.3, -0.25) is 0 Å². The van der Waals surface area contributed by atoms with Gasteiger partial charge in [-0.15, -0.1) is 0 Å². The molecule has 26 heavy (non-hydrogen) atoms. The first-order chi connectivity index (χ1) is 11.9. The van der Waals surface area contributed by atoms with Crippen molar-refractivity contribution < 1.29 is 36.6 Å². The van der Waals surface area contributed by atoms with Crippen LogP contribution in [0, 0.1) is 0 Å². The second-order valence-electron chi connectivity index (χ2n) is 7.53. The summed E-state index contributed by atoms with van der Waals surface area (Å²) in [5.41, 5.74) is 5.21. The fraction of sp³-hybridized carbons (Fsp3) is 0.400. The number of likely N-dealkylation sites (N-methyl/N-ethyl adjacent to an activating group) is 1. The smallest absolute Gasteiger partial charge is 0.166 e. The van der Waals surface area contributed by atoms with E-state index in [0.29, 0.717) is 11.5 Å². The Bertz CT molecular complexity index is 879. The number of ether oxygens (including phenoxy) is 2. The predicted molar refractivity (Wildman–Crippen MR) is 95.4 cm³/mol. The molecule has 6 heteroatoms.